The lowest BCUT2D eigenvalue weighted by atomic mass is 9.81. The van der Waals surface area contributed by atoms with Gasteiger partial charge in [0.1, 0.15) is 0 Å². The second-order valence-corrected chi connectivity index (χ2v) is 5.75. The van der Waals surface area contributed by atoms with Crippen molar-refractivity contribution in [2.45, 2.75) is 58.4 Å². The normalized spacial score (nSPS) is 23.4. The number of hydrogen-bond donors (Lipinski definition) is 2. The van der Waals surface area contributed by atoms with Crippen molar-refractivity contribution in [2.24, 2.45) is 11.3 Å². The van der Waals surface area contributed by atoms with E-state index in [0.717, 1.165) is 25.7 Å². The first-order chi connectivity index (χ1) is 9.49. The molecule has 0 aliphatic heterocycles. The molecule has 2 N–H and O–H groups in total. The van der Waals surface area contributed by atoms with E-state index in [1.807, 2.05) is 13.8 Å². The van der Waals surface area contributed by atoms with E-state index in [0.29, 0.717) is 25.4 Å². The average Bonchev–Trinajstić information content (AvgIpc) is 2.48. The lowest BCUT2D eigenvalue weighted by Crippen LogP contribution is -2.45. The predicted molar refractivity (Wildman–Crippen MR) is 76.4 cm³/mol. The molecule has 0 aromatic carbocycles. The minimum Gasteiger partial charge on any atom is -0.481 e. The van der Waals surface area contributed by atoms with Crippen LogP contribution in [0.4, 0.5) is 0 Å². The Kier molecular flexibility index (Phi) is 6.46. The van der Waals surface area contributed by atoms with Gasteiger partial charge in [-0.2, -0.15) is 0 Å². The summed E-state index contributed by atoms with van der Waals surface area (Å²) in [6.45, 7) is 4.35. The van der Waals surface area contributed by atoms with Crippen LogP contribution < -0.4 is 5.32 Å². The molecule has 0 unspecified atom stereocenters. The van der Waals surface area contributed by atoms with E-state index in [2.05, 4.69) is 5.32 Å². The van der Waals surface area contributed by atoms with Crippen LogP contribution in [0.1, 0.15) is 52.4 Å². The molecule has 5 heteroatoms. The predicted octanol–water partition coefficient (Wildman–Crippen LogP) is 2.20. The van der Waals surface area contributed by atoms with Crippen molar-refractivity contribution >= 4 is 11.9 Å². The van der Waals surface area contributed by atoms with Gasteiger partial charge < -0.3 is 15.2 Å². The summed E-state index contributed by atoms with van der Waals surface area (Å²) in [6.07, 6.45) is 4.71. The summed E-state index contributed by atoms with van der Waals surface area (Å²) >= 11 is 0. The largest absolute Gasteiger partial charge is 0.481 e. The highest BCUT2D eigenvalue weighted by Gasteiger charge is 2.36. The van der Waals surface area contributed by atoms with Crippen LogP contribution in [0, 0.1) is 11.3 Å². The van der Waals surface area contributed by atoms with Crippen molar-refractivity contribution in [3.63, 3.8) is 0 Å². The maximum absolute atomic E-state index is 11.5. The number of carbonyl (C=O) groups is 2. The Bertz CT molecular complexity index is 331. The minimum atomic E-state index is -0.724. The zero-order valence-electron chi connectivity index (χ0n) is 12.8. The second-order valence-electron chi connectivity index (χ2n) is 5.75. The molecule has 5 nitrogen and oxygen atoms in total. The van der Waals surface area contributed by atoms with E-state index in [9.17, 15) is 14.7 Å². The van der Waals surface area contributed by atoms with E-state index < -0.39 is 11.4 Å². The summed E-state index contributed by atoms with van der Waals surface area (Å²) in [5, 5.41) is 12.8. The van der Waals surface area contributed by atoms with Crippen molar-refractivity contribution in [2.75, 3.05) is 13.7 Å². The maximum Gasteiger partial charge on any atom is 0.310 e. The summed E-state index contributed by atoms with van der Waals surface area (Å²) in [5.41, 5.74) is -0.667. The Morgan fingerprint density at radius 1 is 1.20 bits per heavy atom. The molecule has 1 rings (SSSR count). The number of carboxylic acids is 1. The number of methoxy groups -OCH3 is 1. The molecule has 0 amide bonds. The van der Waals surface area contributed by atoms with Gasteiger partial charge in [-0.3, -0.25) is 9.59 Å². The lowest BCUT2D eigenvalue weighted by Gasteiger charge is -2.32. The first kappa shape index (κ1) is 17.0. The fraction of sp³-hybridized carbons (Fsp3) is 0.867. The molecule has 1 aliphatic rings. The summed E-state index contributed by atoms with van der Waals surface area (Å²) in [6, 6.07) is 0.313. The van der Waals surface area contributed by atoms with Gasteiger partial charge in [0, 0.05) is 12.6 Å². The molecule has 0 aromatic rings. The monoisotopic (exact) mass is 285 g/mol. The number of carbonyl (C=O) groups excluding carboxylic acids is 1. The van der Waals surface area contributed by atoms with Gasteiger partial charge >= 0.3 is 11.9 Å². The summed E-state index contributed by atoms with van der Waals surface area (Å²) in [5.74, 6) is -0.830. The third-order valence-corrected chi connectivity index (χ3v) is 4.80. The molecular weight excluding hydrogens is 258 g/mol. The van der Waals surface area contributed by atoms with Crippen LogP contribution in [0.15, 0.2) is 0 Å². The molecule has 0 radical (unpaired) electrons. The number of hydrogen-bond acceptors (Lipinski definition) is 4. The fourth-order valence-corrected chi connectivity index (χ4v) is 2.92. The van der Waals surface area contributed by atoms with Crippen molar-refractivity contribution in [3.05, 3.63) is 0 Å². The molecule has 1 aliphatic carbocycles. The number of aliphatic carboxylic acids is 1. The van der Waals surface area contributed by atoms with Crippen molar-refractivity contribution in [1.82, 2.24) is 5.32 Å². The molecule has 0 heterocycles. The molecule has 0 bridgehead atoms. The third kappa shape index (κ3) is 3.95. The Hall–Kier alpha value is -1.10. The Morgan fingerprint density at radius 3 is 2.15 bits per heavy atom. The molecule has 0 spiro atoms. The van der Waals surface area contributed by atoms with Gasteiger partial charge in [-0.25, -0.2) is 0 Å². The third-order valence-electron chi connectivity index (χ3n) is 4.80. The second kappa shape index (κ2) is 7.62. The topological polar surface area (TPSA) is 75.6 Å². The van der Waals surface area contributed by atoms with Crippen LogP contribution in [0.25, 0.3) is 0 Å². The first-order valence-corrected chi connectivity index (χ1v) is 7.53. The highest BCUT2D eigenvalue weighted by molar-refractivity contribution is 5.74. The summed E-state index contributed by atoms with van der Waals surface area (Å²) in [7, 11) is 1.43. The van der Waals surface area contributed by atoms with Gasteiger partial charge in [0.15, 0.2) is 0 Å². The van der Waals surface area contributed by atoms with Gasteiger partial charge in [0.2, 0.25) is 0 Å². The summed E-state index contributed by atoms with van der Waals surface area (Å²) in [4.78, 5) is 22.9. The van der Waals surface area contributed by atoms with E-state index in [1.165, 1.54) is 7.11 Å². The quantitative estimate of drug-likeness (QED) is 0.701. The van der Waals surface area contributed by atoms with Crippen LogP contribution in [-0.4, -0.2) is 36.7 Å². The van der Waals surface area contributed by atoms with Gasteiger partial charge in [-0.1, -0.05) is 13.8 Å². The highest BCUT2D eigenvalue weighted by Crippen LogP contribution is 2.29. The molecular formula is C15H27NO4. The van der Waals surface area contributed by atoms with E-state index in [1.54, 1.807) is 0 Å². The Balaban J connectivity index is 2.44. The minimum absolute atomic E-state index is 0.0135. The number of esters is 1. The van der Waals surface area contributed by atoms with Gasteiger partial charge in [-0.05, 0) is 38.5 Å². The molecule has 116 valence electrons. The van der Waals surface area contributed by atoms with E-state index in [-0.39, 0.29) is 11.9 Å². The number of rotatable bonds is 7. The molecule has 1 saturated carbocycles. The average molecular weight is 285 g/mol. The highest BCUT2D eigenvalue weighted by atomic mass is 16.5. The zero-order valence-corrected chi connectivity index (χ0v) is 12.8. The molecule has 1 fully saturated rings. The van der Waals surface area contributed by atoms with Gasteiger partial charge in [0.25, 0.3) is 0 Å². The van der Waals surface area contributed by atoms with Crippen LogP contribution in [0.5, 0.6) is 0 Å². The molecule has 0 aromatic heterocycles. The fourth-order valence-electron chi connectivity index (χ4n) is 2.92. The van der Waals surface area contributed by atoms with Crippen LogP contribution in [-0.2, 0) is 14.3 Å². The lowest BCUT2D eigenvalue weighted by molar-refractivity contribution is -0.149. The Morgan fingerprint density at radius 2 is 1.75 bits per heavy atom. The Labute approximate surface area is 121 Å². The smallest absolute Gasteiger partial charge is 0.310 e. The van der Waals surface area contributed by atoms with Gasteiger partial charge in [-0.15, -0.1) is 0 Å². The molecule has 20 heavy (non-hydrogen) atoms. The molecule has 0 saturated heterocycles. The summed E-state index contributed by atoms with van der Waals surface area (Å²) < 4.78 is 4.77. The van der Waals surface area contributed by atoms with Crippen LogP contribution >= 0.6 is 0 Å². The first-order valence-electron chi connectivity index (χ1n) is 7.53. The number of carboxylic acid groups (broad SMARTS) is 1. The SMILES string of the molecule is CCC(CC)(CNC1CCC(C(=O)OC)CC1)C(=O)O. The molecule has 0 atom stereocenters. The number of ether oxygens (including phenoxy) is 1. The van der Waals surface area contributed by atoms with Crippen molar-refractivity contribution in [1.29, 1.82) is 0 Å². The van der Waals surface area contributed by atoms with Crippen molar-refractivity contribution < 1.29 is 19.4 Å². The number of nitrogens with one attached hydrogen (secondary N) is 1. The maximum atomic E-state index is 11.5. The van der Waals surface area contributed by atoms with Crippen molar-refractivity contribution in [3.8, 4) is 0 Å². The van der Waals surface area contributed by atoms with Crippen LogP contribution in [0.2, 0.25) is 0 Å². The van der Waals surface area contributed by atoms with E-state index >= 15 is 0 Å². The van der Waals surface area contributed by atoms with Gasteiger partial charge in [0.05, 0.1) is 18.4 Å². The zero-order chi connectivity index (χ0) is 15.2. The standard InChI is InChI=1S/C15H27NO4/c1-4-15(5-2,14(18)19)10-16-12-8-6-11(7-9-12)13(17)20-3/h11-12,16H,4-10H2,1-3H3,(H,18,19). The van der Waals surface area contributed by atoms with E-state index in [4.69, 9.17) is 4.74 Å². The van der Waals surface area contributed by atoms with Crippen LogP contribution in [0.3, 0.4) is 0 Å².